The van der Waals surface area contributed by atoms with Gasteiger partial charge in [-0.15, -0.1) is 0 Å². The van der Waals surface area contributed by atoms with Crippen LogP contribution in [0.5, 0.6) is 0 Å². The molecule has 1 saturated heterocycles. The van der Waals surface area contributed by atoms with Crippen LogP contribution >= 0.6 is 11.6 Å². The molecule has 2 aromatic rings. The quantitative estimate of drug-likeness (QED) is 0.605. The Morgan fingerprint density at radius 1 is 1.33 bits per heavy atom. The highest BCUT2D eigenvalue weighted by atomic mass is 35.5. The zero-order valence-electron chi connectivity index (χ0n) is 16.0. The van der Waals surface area contributed by atoms with Gasteiger partial charge in [-0.1, -0.05) is 17.7 Å². The van der Waals surface area contributed by atoms with Gasteiger partial charge in [0, 0.05) is 59.2 Å². The van der Waals surface area contributed by atoms with Crippen molar-refractivity contribution in [2.75, 3.05) is 44.0 Å². The highest BCUT2D eigenvalue weighted by Crippen LogP contribution is 2.25. The van der Waals surface area contributed by atoms with E-state index in [0.29, 0.717) is 17.6 Å². The van der Waals surface area contributed by atoms with Gasteiger partial charge in [-0.05, 0) is 30.2 Å². The molecule has 2 aromatic heterocycles. The first-order valence-electron chi connectivity index (χ1n) is 9.01. The molecule has 0 radical (unpaired) electrons. The minimum Gasteiger partial charge on any atom is -0.363 e. The lowest BCUT2D eigenvalue weighted by atomic mass is 10.2. The lowest BCUT2D eigenvalue weighted by Crippen LogP contribution is -2.44. The third-order valence-corrected chi connectivity index (χ3v) is 4.81. The monoisotopic (exact) mass is 387 g/mol. The zero-order chi connectivity index (χ0) is 19.2. The van der Waals surface area contributed by atoms with E-state index < -0.39 is 0 Å². The highest BCUT2D eigenvalue weighted by molar-refractivity contribution is 6.32. The second-order valence-electron chi connectivity index (χ2n) is 6.73. The SMILES string of the molecule is CN=C(NCc1ccc(N(C)C)nc1)NC1CCN(c2ncccc2Cl)C1. The second-order valence-corrected chi connectivity index (χ2v) is 7.14. The molecule has 1 unspecified atom stereocenters. The molecule has 0 saturated carbocycles. The fourth-order valence-electron chi connectivity index (χ4n) is 3.04. The van der Waals surface area contributed by atoms with Crippen molar-refractivity contribution in [3.63, 3.8) is 0 Å². The number of guanidine groups is 1. The van der Waals surface area contributed by atoms with Gasteiger partial charge in [0.05, 0.1) is 5.02 Å². The Hall–Kier alpha value is -2.54. The van der Waals surface area contributed by atoms with Crippen molar-refractivity contribution in [3.8, 4) is 0 Å². The third kappa shape index (κ3) is 5.01. The van der Waals surface area contributed by atoms with Crippen molar-refractivity contribution < 1.29 is 0 Å². The maximum absolute atomic E-state index is 6.26. The van der Waals surface area contributed by atoms with E-state index in [-0.39, 0.29) is 0 Å². The maximum atomic E-state index is 6.26. The summed E-state index contributed by atoms with van der Waals surface area (Å²) in [7, 11) is 5.75. The van der Waals surface area contributed by atoms with Crippen LogP contribution in [0.3, 0.4) is 0 Å². The smallest absolute Gasteiger partial charge is 0.191 e. The number of hydrogen-bond acceptors (Lipinski definition) is 5. The van der Waals surface area contributed by atoms with Gasteiger partial charge in [-0.2, -0.15) is 0 Å². The Bertz CT molecular complexity index is 776. The molecule has 7 nitrogen and oxygen atoms in total. The number of nitrogens with zero attached hydrogens (tertiary/aromatic N) is 5. The van der Waals surface area contributed by atoms with E-state index in [9.17, 15) is 0 Å². The van der Waals surface area contributed by atoms with Crippen LogP contribution in [0, 0.1) is 0 Å². The number of nitrogens with one attached hydrogen (secondary N) is 2. The van der Waals surface area contributed by atoms with Gasteiger partial charge in [0.25, 0.3) is 0 Å². The molecule has 3 heterocycles. The average molecular weight is 388 g/mol. The third-order valence-electron chi connectivity index (χ3n) is 4.52. The first-order chi connectivity index (χ1) is 13.1. The molecule has 8 heteroatoms. The molecule has 144 valence electrons. The summed E-state index contributed by atoms with van der Waals surface area (Å²) in [4.78, 5) is 17.4. The summed E-state index contributed by atoms with van der Waals surface area (Å²) in [5, 5.41) is 7.52. The van der Waals surface area contributed by atoms with Gasteiger partial charge in [0.1, 0.15) is 11.6 Å². The van der Waals surface area contributed by atoms with Crippen molar-refractivity contribution in [2.24, 2.45) is 4.99 Å². The number of halogens is 1. The molecule has 3 rings (SSSR count). The van der Waals surface area contributed by atoms with Crippen molar-refractivity contribution in [1.82, 2.24) is 20.6 Å². The van der Waals surface area contributed by atoms with E-state index in [2.05, 4.69) is 36.6 Å². The molecule has 1 fully saturated rings. The molecule has 2 N–H and O–H groups in total. The summed E-state index contributed by atoms with van der Waals surface area (Å²) in [6.07, 6.45) is 4.67. The lowest BCUT2D eigenvalue weighted by Gasteiger charge is -2.20. The Morgan fingerprint density at radius 3 is 2.85 bits per heavy atom. The Morgan fingerprint density at radius 2 is 2.19 bits per heavy atom. The number of aliphatic imine (C=N–C) groups is 1. The molecule has 1 atom stereocenters. The topological polar surface area (TPSA) is 68.7 Å². The first-order valence-corrected chi connectivity index (χ1v) is 9.39. The molecule has 27 heavy (non-hydrogen) atoms. The number of rotatable bonds is 5. The van der Waals surface area contributed by atoms with Gasteiger partial charge in [0.2, 0.25) is 0 Å². The van der Waals surface area contributed by atoms with Gasteiger partial charge in [-0.3, -0.25) is 4.99 Å². The largest absolute Gasteiger partial charge is 0.363 e. The second kappa shape index (κ2) is 8.90. The predicted octanol–water partition coefficient (Wildman–Crippen LogP) is 2.14. The molecule has 0 spiro atoms. The van der Waals surface area contributed by atoms with Crippen LogP contribution in [0.15, 0.2) is 41.7 Å². The van der Waals surface area contributed by atoms with Crippen molar-refractivity contribution >= 4 is 29.2 Å². The standard InChI is InChI=1S/C19H26ClN7/c1-21-19(24-12-14-6-7-17(23-11-14)26(2)3)25-15-8-10-27(13-15)18-16(20)5-4-9-22-18/h4-7,9,11,15H,8,10,12-13H2,1-3H3,(H2,21,24,25). The summed E-state index contributed by atoms with van der Waals surface area (Å²) in [6, 6.07) is 8.11. The molecule has 1 aliphatic heterocycles. The van der Waals surface area contributed by atoms with Crippen molar-refractivity contribution in [1.29, 1.82) is 0 Å². The summed E-state index contributed by atoms with van der Waals surface area (Å²) in [6.45, 7) is 2.43. The minimum absolute atomic E-state index is 0.295. The molecular formula is C19H26ClN7. The summed E-state index contributed by atoms with van der Waals surface area (Å²) >= 11 is 6.26. The van der Waals surface area contributed by atoms with Crippen LogP contribution in [-0.2, 0) is 6.54 Å². The fourth-order valence-corrected chi connectivity index (χ4v) is 3.28. The van der Waals surface area contributed by atoms with Crippen molar-refractivity contribution in [3.05, 3.63) is 47.2 Å². The molecule has 0 amide bonds. The van der Waals surface area contributed by atoms with Crippen LogP contribution in [-0.4, -0.2) is 56.2 Å². The summed E-state index contributed by atoms with van der Waals surface area (Å²) < 4.78 is 0. The maximum Gasteiger partial charge on any atom is 0.191 e. The van der Waals surface area contributed by atoms with Crippen LogP contribution in [0.2, 0.25) is 5.02 Å². The van der Waals surface area contributed by atoms with E-state index in [1.165, 1.54) is 0 Å². The highest BCUT2D eigenvalue weighted by Gasteiger charge is 2.25. The lowest BCUT2D eigenvalue weighted by molar-refractivity contribution is 0.648. The Balaban J connectivity index is 1.51. The molecule has 0 aromatic carbocycles. The molecular weight excluding hydrogens is 362 g/mol. The van der Waals surface area contributed by atoms with Gasteiger partial charge in [-0.25, -0.2) is 9.97 Å². The fraction of sp³-hybridized carbons (Fsp3) is 0.421. The van der Waals surface area contributed by atoms with E-state index >= 15 is 0 Å². The van der Waals surface area contributed by atoms with E-state index in [0.717, 1.165) is 42.7 Å². The number of pyridine rings is 2. The van der Waals surface area contributed by atoms with Crippen molar-refractivity contribution in [2.45, 2.75) is 19.0 Å². The number of aromatic nitrogens is 2. The van der Waals surface area contributed by atoms with Crippen LogP contribution in [0.25, 0.3) is 0 Å². The van der Waals surface area contributed by atoms with Gasteiger partial charge >= 0.3 is 0 Å². The van der Waals surface area contributed by atoms with Crippen LogP contribution in [0.4, 0.5) is 11.6 Å². The van der Waals surface area contributed by atoms with Gasteiger partial charge < -0.3 is 20.4 Å². The summed E-state index contributed by atoms with van der Waals surface area (Å²) in [5.41, 5.74) is 1.11. The summed E-state index contributed by atoms with van der Waals surface area (Å²) in [5.74, 6) is 2.57. The van der Waals surface area contributed by atoms with Gasteiger partial charge in [0.15, 0.2) is 5.96 Å². The van der Waals surface area contributed by atoms with Crippen LogP contribution < -0.4 is 20.4 Å². The van der Waals surface area contributed by atoms with E-state index in [4.69, 9.17) is 11.6 Å². The van der Waals surface area contributed by atoms with E-state index in [1.807, 2.05) is 43.4 Å². The van der Waals surface area contributed by atoms with E-state index in [1.54, 1.807) is 13.2 Å². The number of hydrogen-bond donors (Lipinski definition) is 2. The molecule has 0 aliphatic carbocycles. The molecule has 1 aliphatic rings. The predicted molar refractivity (Wildman–Crippen MR) is 112 cm³/mol. The number of anilines is 2. The zero-order valence-corrected chi connectivity index (χ0v) is 16.7. The first kappa shape index (κ1) is 19.2. The minimum atomic E-state index is 0.295. The normalized spacial score (nSPS) is 17.1. The van der Waals surface area contributed by atoms with Crippen LogP contribution in [0.1, 0.15) is 12.0 Å². The Labute approximate surface area is 165 Å². The Kier molecular flexibility index (Phi) is 6.34. The molecule has 0 bridgehead atoms. The average Bonchev–Trinajstić information content (AvgIpc) is 3.14.